The largest absolute Gasteiger partial charge is 0.497 e. The first-order chi connectivity index (χ1) is 13.8. The number of quaternary nitrogens is 1. The molecule has 156 valence electrons. The summed E-state index contributed by atoms with van der Waals surface area (Å²) in [4.78, 5) is 16.1. The number of methoxy groups -OCH3 is 1. The molecule has 0 spiro atoms. The zero-order valence-electron chi connectivity index (χ0n) is 16.6. The average molecular weight is 420 g/mol. The summed E-state index contributed by atoms with van der Waals surface area (Å²) in [7, 11) is -2.09. The van der Waals surface area contributed by atoms with Crippen molar-refractivity contribution in [3.8, 4) is 5.75 Å². The minimum atomic E-state index is -3.74. The van der Waals surface area contributed by atoms with Crippen LogP contribution in [0.1, 0.15) is 6.92 Å². The number of carbonyl (C=O) groups excluding carboxylic acids is 1. The van der Waals surface area contributed by atoms with Crippen LogP contribution in [0.5, 0.6) is 5.75 Å². The Kier molecular flexibility index (Phi) is 6.41. The van der Waals surface area contributed by atoms with Crippen LogP contribution in [0, 0.1) is 0 Å². The molecule has 1 aliphatic heterocycles. The number of primary sulfonamides is 1. The van der Waals surface area contributed by atoms with E-state index in [-0.39, 0.29) is 16.8 Å². The highest BCUT2D eigenvalue weighted by molar-refractivity contribution is 7.89. The minimum absolute atomic E-state index is 0.0165. The lowest BCUT2D eigenvalue weighted by Gasteiger charge is -2.36. The van der Waals surface area contributed by atoms with Gasteiger partial charge in [0, 0.05) is 17.4 Å². The molecule has 9 heteroatoms. The standard InChI is InChI=1S/C20H26N4O4S/c1-15(20(25)22-16-6-8-19(9-7-16)29(21,26)27)23-10-12-24(13-11-23)17-4-3-5-18(14-17)28-2/h3-9,14-15H,10-13H2,1-2H3,(H,22,25)(H2,21,26,27)/p+1/t15-/m1/s1. The van der Waals surface area contributed by atoms with Gasteiger partial charge in [-0.25, -0.2) is 13.6 Å². The predicted molar refractivity (Wildman–Crippen MR) is 112 cm³/mol. The Morgan fingerprint density at radius 1 is 1.17 bits per heavy atom. The topological polar surface area (TPSA) is 106 Å². The maximum absolute atomic E-state index is 12.6. The van der Waals surface area contributed by atoms with Crippen LogP contribution in [0.3, 0.4) is 0 Å². The van der Waals surface area contributed by atoms with Gasteiger partial charge in [-0.2, -0.15) is 0 Å². The quantitative estimate of drug-likeness (QED) is 0.615. The van der Waals surface area contributed by atoms with Gasteiger partial charge in [0.05, 0.1) is 38.2 Å². The van der Waals surface area contributed by atoms with Crippen molar-refractivity contribution >= 4 is 27.3 Å². The second-order valence-electron chi connectivity index (χ2n) is 7.13. The van der Waals surface area contributed by atoms with Crippen molar-refractivity contribution in [2.45, 2.75) is 17.9 Å². The Bertz CT molecular complexity index is 955. The molecule has 1 fully saturated rings. The number of rotatable bonds is 6. The molecular weight excluding hydrogens is 392 g/mol. The maximum Gasteiger partial charge on any atom is 0.282 e. The molecule has 1 aliphatic rings. The molecule has 3 rings (SSSR count). The number of hydrogen-bond acceptors (Lipinski definition) is 5. The van der Waals surface area contributed by atoms with E-state index in [4.69, 9.17) is 9.88 Å². The number of benzene rings is 2. The number of ether oxygens (including phenoxy) is 1. The summed E-state index contributed by atoms with van der Waals surface area (Å²) in [5.41, 5.74) is 1.67. The van der Waals surface area contributed by atoms with Crippen LogP contribution in [0.4, 0.5) is 11.4 Å². The number of carbonyl (C=O) groups is 1. The van der Waals surface area contributed by atoms with E-state index in [0.717, 1.165) is 37.6 Å². The van der Waals surface area contributed by atoms with Crippen LogP contribution in [0.25, 0.3) is 0 Å². The van der Waals surface area contributed by atoms with Gasteiger partial charge in [0.1, 0.15) is 5.75 Å². The molecule has 4 N–H and O–H groups in total. The highest BCUT2D eigenvalue weighted by Crippen LogP contribution is 2.20. The van der Waals surface area contributed by atoms with Crippen molar-refractivity contribution in [1.29, 1.82) is 0 Å². The Balaban J connectivity index is 1.55. The third kappa shape index (κ3) is 5.26. The lowest BCUT2D eigenvalue weighted by Crippen LogP contribution is -3.19. The van der Waals surface area contributed by atoms with Crippen molar-refractivity contribution in [2.75, 3.05) is 43.5 Å². The Hall–Kier alpha value is -2.62. The number of piperazine rings is 1. The fraction of sp³-hybridized carbons (Fsp3) is 0.350. The zero-order valence-corrected chi connectivity index (χ0v) is 17.4. The summed E-state index contributed by atoms with van der Waals surface area (Å²) in [5, 5.41) is 7.94. The van der Waals surface area contributed by atoms with Gasteiger partial charge in [-0.05, 0) is 43.3 Å². The van der Waals surface area contributed by atoms with Crippen LogP contribution in [0.2, 0.25) is 0 Å². The molecule has 0 bridgehead atoms. The fourth-order valence-corrected chi connectivity index (χ4v) is 3.97. The summed E-state index contributed by atoms with van der Waals surface area (Å²) in [6.45, 7) is 5.29. The Labute approximate surface area is 171 Å². The summed E-state index contributed by atoms with van der Waals surface area (Å²) < 4.78 is 27.9. The van der Waals surface area contributed by atoms with E-state index < -0.39 is 10.0 Å². The van der Waals surface area contributed by atoms with Crippen molar-refractivity contribution in [1.82, 2.24) is 0 Å². The van der Waals surface area contributed by atoms with Crippen molar-refractivity contribution in [2.24, 2.45) is 5.14 Å². The van der Waals surface area contributed by atoms with Gasteiger partial charge in [0.25, 0.3) is 5.91 Å². The smallest absolute Gasteiger partial charge is 0.282 e. The maximum atomic E-state index is 12.6. The number of anilines is 2. The van der Waals surface area contributed by atoms with Gasteiger partial charge in [0.15, 0.2) is 6.04 Å². The second-order valence-corrected chi connectivity index (χ2v) is 8.69. The van der Waals surface area contributed by atoms with E-state index in [1.807, 2.05) is 25.1 Å². The lowest BCUT2D eigenvalue weighted by molar-refractivity contribution is -0.914. The summed E-state index contributed by atoms with van der Waals surface area (Å²) >= 11 is 0. The first-order valence-corrected chi connectivity index (χ1v) is 11.0. The lowest BCUT2D eigenvalue weighted by atomic mass is 10.2. The number of nitrogens with two attached hydrogens (primary N) is 1. The molecule has 0 aromatic heterocycles. The van der Waals surface area contributed by atoms with E-state index in [1.54, 1.807) is 19.2 Å². The molecule has 1 saturated heterocycles. The molecule has 1 atom stereocenters. The first kappa shape index (κ1) is 21.1. The van der Waals surface area contributed by atoms with Gasteiger partial charge in [-0.15, -0.1) is 0 Å². The number of sulfonamides is 1. The molecular formula is C20H27N4O4S+. The number of nitrogens with zero attached hydrogens (tertiary/aromatic N) is 1. The van der Waals surface area contributed by atoms with Crippen LogP contribution in [-0.4, -0.2) is 53.7 Å². The second kappa shape index (κ2) is 8.81. The highest BCUT2D eigenvalue weighted by Gasteiger charge is 2.29. The molecule has 1 amide bonds. The molecule has 0 aliphatic carbocycles. The van der Waals surface area contributed by atoms with Gasteiger partial charge in [-0.3, -0.25) is 4.79 Å². The normalized spacial score (nSPS) is 16.3. The van der Waals surface area contributed by atoms with E-state index in [2.05, 4.69) is 16.3 Å². The SMILES string of the molecule is COc1cccc(N2CC[NH+]([C@H](C)C(=O)Nc3ccc(S(N)(=O)=O)cc3)CC2)c1. The van der Waals surface area contributed by atoms with Crippen LogP contribution in [0.15, 0.2) is 53.4 Å². The molecule has 0 unspecified atom stereocenters. The van der Waals surface area contributed by atoms with Crippen molar-refractivity contribution < 1.29 is 22.8 Å². The monoisotopic (exact) mass is 419 g/mol. The minimum Gasteiger partial charge on any atom is -0.497 e. The third-order valence-corrected chi connectivity index (χ3v) is 6.21. The average Bonchev–Trinajstić information content (AvgIpc) is 2.73. The highest BCUT2D eigenvalue weighted by atomic mass is 32.2. The summed E-state index contributed by atoms with van der Waals surface area (Å²) in [6.07, 6.45) is 0. The van der Waals surface area contributed by atoms with Gasteiger partial charge in [-0.1, -0.05) is 6.07 Å². The fourth-order valence-electron chi connectivity index (χ4n) is 3.46. The van der Waals surface area contributed by atoms with E-state index in [1.165, 1.54) is 17.0 Å². The number of amides is 1. The number of nitrogens with one attached hydrogen (secondary N) is 2. The molecule has 2 aromatic rings. The Morgan fingerprint density at radius 3 is 2.41 bits per heavy atom. The van der Waals surface area contributed by atoms with E-state index >= 15 is 0 Å². The molecule has 2 aromatic carbocycles. The first-order valence-electron chi connectivity index (χ1n) is 9.45. The molecule has 0 saturated carbocycles. The molecule has 8 nitrogen and oxygen atoms in total. The predicted octanol–water partition coefficient (Wildman–Crippen LogP) is 0.0747. The van der Waals surface area contributed by atoms with E-state index in [0.29, 0.717) is 5.69 Å². The third-order valence-electron chi connectivity index (χ3n) is 5.28. The summed E-state index contributed by atoms with van der Waals surface area (Å²) in [5.74, 6) is 0.733. The van der Waals surface area contributed by atoms with Gasteiger partial charge in [0.2, 0.25) is 10.0 Å². The Morgan fingerprint density at radius 2 is 1.83 bits per heavy atom. The van der Waals surface area contributed by atoms with Gasteiger partial charge < -0.3 is 19.9 Å². The van der Waals surface area contributed by atoms with Crippen molar-refractivity contribution in [3.05, 3.63) is 48.5 Å². The number of hydrogen-bond donors (Lipinski definition) is 3. The van der Waals surface area contributed by atoms with Crippen molar-refractivity contribution in [3.63, 3.8) is 0 Å². The molecule has 0 radical (unpaired) electrons. The van der Waals surface area contributed by atoms with E-state index in [9.17, 15) is 13.2 Å². The molecule has 29 heavy (non-hydrogen) atoms. The van der Waals surface area contributed by atoms with Crippen LogP contribution < -0.4 is 25.0 Å². The van der Waals surface area contributed by atoms with Crippen LogP contribution >= 0.6 is 0 Å². The summed E-state index contributed by atoms with van der Waals surface area (Å²) in [6, 6.07) is 13.6. The molecule has 1 heterocycles. The zero-order chi connectivity index (χ0) is 21.0. The van der Waals surface area contributed by atoms with Gasteiger partial charge >= 0.3 is 0 Å². The van der Waals surface area contributed by atoms with Crippen LogP contribution in [-0.2, 0) is 14.8 Å².